The maximum Gasteiger partial charge on any atom is 0.333 e. The van der Waals surface area contributed by atoms with Crippen LogP contribution in [-0.2, 0) is 21.3 Å². The number of aromatic nitrogens is 1. The summed E-state index contributed by atoms with van der Waals surface area (Å²) in [6, 6.07) is 10.3. The van der Waals surface area contributed by atoms with E-state index in [1.165, 1.54) is 5.56 Å². The van der Waals surface area contributed by atoms with Gasteiger partial charge in [-0.25, -0.2) is 4.79 Å². The molecule has 1 aromatic heterocycles. The predicted octanol–water partition coefficient (Wildman–Crippen LogP) is 5.42. The van der Waals surface area contributed by atoms with Gasteiger partial charge in [-0.3, -0.25) is 0 Å². The molecule has 3 aromatic rings. The van der Waals surface area contributed by atoms with Crippen LogP contribution in [0.25, 0.3) is 28.2 Å². The molecule has 6 nitrogen and oxygen atoms in total. The van der Waals surface area contributed by atoms with Gasteiger partial charge in [0.05, 0.1) is 24.9 Å². The Labute approximate surface area is 189 Å². The molecule has 0 saturated heterocycles. The molecule has 170 valence electrons. The minimum atomic E-state index is -0.343. The lowest BCUT2D eigenvalue weighted by atomic mass is 10.0. The molecule has 0 N–H and O–H groups in total. The molecule has 0 fully saturated rings. The highest BCUT2D eigenvalue weighted by atomic mass is 16.7. The third-order valence-corrected chi connectivity index (χ3v) is 5.45. The molecule has 0 amide bonds. The number of fused-ring (bicyclic) bond motifs is 1. The minimum absolute atomic E-state index is 0.0939. The zero-order valence-electron chi connectivity index (χ0n) is 19.9. The Bertz CT molecular complexity index is 1170. The lowest BCUT2D eigenvalue weighted by Crippen LogP contribution is -2.05. The van der Waals surface area contributed by atoms with E-state index in [2.05, 4.69) is 42.7 Å². The molecule has 0 aliphatic heterocycles. The van der Waals surface area contributed by atoms with E-state index < -0.39 is 0 Å². The van der Waals surface area contributed by atoms with Crippen LogP contribution in [0.15, 0.2) is 35.9 Å². The van der Waals surface area contributed by atoms with Crippen LogP contribution in [0.4, 0.5) is 0 Å². The summed E-state index contributed by atoms with van der Waals surface area (Å²) < 4.78 is 24.1. The summed E-state index contributed by atoms with van der Waals surface area (Å²) in [6.07, 6.45) is 1.84. The molecule has 1 heterocycles. The Hall–Kier alpha value is -3.25. The molecular formula is C26H31NO5. The third-order valence-electron chi connectivity index (χ3n) is 5.45. The fourth-order valence-electron chi connectivity index (χ4n) is 4.10. The van der Waals surface area contributed by atoms with Gasteiger partial charge < -0.3 is 23.5 Å². The van der Waals surface area contributed by atoms with Gasteiger partial charge in [0.2, 0.25) is 0 Å². The molecule has 2 aromatic carbocycles. The van der Waals surface area contributed by atoms with Crippen molar-refractivity contribution in [1.82, 2.24) is 4.57 Å². The van der Waals surface area contributed by atoms with Crippen LogP contribution < -0.4 is 9.47 Å². The maximum absolute atomic E-state index is 12.3. The number of aryl methyl sites for hydroxylation is 3. The number of hydrogen-bond acceptors (Lipinski definition) is 5. The summed E-state index contributed by atoms with van der Waals surface area (Å²) in [5.74, 6) is 0.841. The van der Waals surface area contributed by atoms with Crippen molar-refractivity contribution >= 4 is 22.9 Å². The molecule has 0 atom stereocenters. The average molecular weight is 438 g/mol. The summed E-state index contributed by atoms with van der Waals surface area (Å²) in [4.78, 5) is 12.3. The van der Waals surface area contributed by atoms with E-state index >= 15 is 0 Å². The number of carbonyl (C=O) groups is 1. The fourth-order valence-corrected chi connectivity index (χ4v) is 4.10. The van der Waals surface area contributed by atoms with Crippen LogP contribution in [0.1, 0.15) is 30.5 Å². The quantitative estimate of drug-likeness (QED) is 0.268. The number of hydrogen-bond donors (Lipinski definition) is 0. The van der Waals surface area contributed by atoms with Crippen molar-refractivity contribution in [2.75, 3.05) is 27.6 Å². The van der Waals surface area contributed by atoms with Crippen LogP contribution >= 0.6 is 0 Å². The van der Waals surface area contributed by atoms with Gasteiger partial charge in [0.25, 0.3) is 0 Å². The van der Waals surface area contributed by atoms with E-state index in [4.69, 9.17) is 18.9 Å². The Morgan fingerprint density at radius 1 is 1.16 bits per heavy atom. The molecular weight excluding hydrogens is 406 g/mol. The van der Waals surface area contributed by atoms with Crippen LogP contribution in [0, 0.1) is 13.8 Å². The summed E-state index contributed by atoms with van der Waals surface area (Å²) in [7, 11) is 5.21. The molecule has 3 rings (SSSR count). The molecule has 6 heteroatoms. The standard InChI is InChI=1S/C26H31NO5/c1-8-31-26(28)17(3)13-20-14-21(30-7)25(32-15-29-6)22-18(4)23(27(5)24(20)22)19-11-9-10-16(2)12-19/h9-14H,8,15H2,1-7H3/b17-13+. The minimum Gasteiger partial charge on any atom is -0.493 e. The average Bonchev–Trinajstić information content (AvgIpc) is 3.03. The Morgan fingerprint density at radius 3 is 2.53 bits per heavy atom. The van der Waals surface area contributed by atoms with E-state index in [1.54, 1.807) is 28.1 Å². The number of nitrogens with zero attached hydrogens (tertiary/aromatic N) is 1. The second kappa shape index (κ2) is 9.92. The number of rotatable bonds is 8. The first kappa shape index (κ1) is 23.4. The highest BCUT2D eigenvalue weighted by molar-refractivity contribution is 6.04. The summed E-state index contributed by atoms with van der Waals surface area (Å²) in [5.41, 5.74) is 6.71. The summed E-state index contributed by atoms with van der Waals surface area (Å²) >= 11 is 0. The van der Waals surface area contributed by atoms with Gasteiger partial charge in [-0.2, -0.15) is 0 Å². The number of benzene rings is 2. The summed E-state index contributed by atoms with van der Waals surface area (Å²) in [5, 5.41) is 0.920. The van der Waals surface area contributed by atoms with Crippen LogP contribution in [0.5, 0.6) is 11.5 Å². The molecule has 32 heavy (non-hydrogen) atoms. The highest BCUT2D eigenvalue weighted by Crippen LogP contribution is 2.45. The third kappa shape index (κ3) is 4.36. The smallest absolute Gasteiger partial charge is 0.333 e. The van der Waals surface area contributed by atoms with Gasteiger partial charge >= 0.3 is 5.97 Å². The predicted molar refractivity (Wildman–Crippen MR) is 127 cm³/mol. The van der Waals surface area contributed by atoms with Gasteiger partial charge in [-0.05, 0) is 57.0 Å². The number of carbonyl (C=O) groups excluding carboxylic acids is 1. The lowest BCUT2D eigenvalue weighted by Gasteiger charge is -2.14. The molecule has 0 aliphatic carbocycles. The van der Waals surface area contributed by atoms with Gasteiger partial charge in [-0.15, -0.1) is 0 Å². The molecule has 0 saturated carbocycles. The topological polar surface area (TPSA) is 58.9 Å². The summed E-state index contributed by atoms with van der Waals surface area (Å²) in [6.45, 7) is 8.12. The Kier molecular flexibility index (Phi) is 7.26. The SMILES string of the molecule is CCOC(=O)/C(C)=C/c1cc(OC)c(OCOC)c2c(C)c(-c3cccc(C)c3)n(C)c12. The van der Waals surface area contributed by atoms with E-state index in [1.807, 2.05) is 19.2 Å². The van der Waals surface area contributed by atoms with Crippen molar-refractivity contribution < 1.29 is 23.7 Å². The van der Waals surface area contributed by atoms with Gasteiger partial charge in [0.15, 0.2) is 18.3 Å². The van der Waals surface area contributed by atoms with Crippen molar-refractivity contribution in [3.05, 3.63) is 52.6 Å². The monoisotopic (exact) mass is 437 g/mol. The first-order valence-corrected chi connectivity index (χ1v) is 10.6. The highest BCUT2D eigenvalue weighted by Gasteiger charge is 2.23. The first-order chi connectivity index (χ1) is 15.3. The molecule has 0 radical (unpaired) electrons. The van der Waals surface area contributed by atoms with Crippen molar-refractivity contribution in [2.45, 2.75) is 27.7 Å². The first-order valence-electron chi connectivity index (χ1n) is 10.6. The molecule has 0 aliphatic rings. The normalized spacial score (nSPS) is 11.7. The molecule has 0 bridgehead atoms. The zero-order valence-corrected chi connectivity index (χ0v) is 19.9. The van der Waals surface area contributed by atoms with Gasteiger partial charge in [0.1, 0.15) is 0 Å². The number of ether oxygens (including phenoxy) is 4. The van der Waals surface area contributed by atoms with E-state index in [-0.39, 0.29) is 12.8 Å². The van der Waals surface area contributed by atoms with Gasteiger partial charge in [0, 0.05) is 30.7 Å². The van der Waals surface area contributed by atoms with E-state index in [9.17, 15) is 4.79 Å². The number of esters is 1. The molecule has 0 spiro atoms. The lowest BCUT2D eigenvalue weighted by molar-refractivity contribution is -0.138. The fraction of sp³-hybridized carbons (Fsp3) is 0.346. The van der Waals surface area contributed by atoms with Crippen molar-refractivity contribution in [1.29, 1.82) is 0 Å². The van der Waals surface area contributed by atoms with Crippen molar-refractivity contribution in [2.24, 2.45) is 7.05 Å². The molecule has 0 unspecified atom stereocenters. The van der Waals surface area contributed by atoms with Crippen LogP contribution in [0.3, 0.4) is 0 Å². The van der Waals surface area contributed by atoms with Crippen molar-refractivity contribution in [3.8, 4) is 22.8 Å². The van der Waals surface area contributed by atoms with Crippen LogP contribution in [-0.4, -0.2) is 38.2 Å². The van der Waals surface area contributed by atoms with E-state index in [0.717, 1.165) is 33.3 Å². The van der Waals surface area contributed by atoms with Gasteiger partial charge in [-0.1, -0.05) is 23.8 Å². The van der Waals surface area contributed by atoms with Crippen molar-refractivity contribution in [3.63, 3.8) is 0 Å². The maximum atomic E-state index is 12.3. The second-order valence-electron chi connectivity index (χ2n) is 7.72. The zero-order chi connectivity index (χ0) is 23.4. The van der Waals surface area contributed by atoms with Crippen LogP contribution in [0.2, 0.25) is 0 Å². The number of methoxy groups -OCH3 is 2. The largest absolute Gasteiger partial charge is 0.493 e. The Balaban J connectivity index is 2.39. The van der Waals surface area contributed by atoms with E-state index in [0.29, 0.717) is 23.7 Å². The second-order valence-corrected chi connectivity index (χ2v) is 7.72. The Morgan fingerprint density at radius 2 is 1.91 bits per heavy atom.